The van der Waals surface area contributed by atoms with Crippen LogP contribution in [0, 0.1) is 12.3 Å². The minimum Gasteiger partial charge on any atom is -0.510 e. The first-order valence-electron chi connectivity index (χ1n) is 7.35. The van der Waals surface area contributed by atoms with Crippen molar-refractivity contribution < 1.29 is 5.11 Å². The van der Waals surface area contributed by atoms with E-state index < -0.39 is 0 Å². The lowest BCUT2D eigenvalue weighted by molar-refractivity contribution is 0.411. The van der Waals surface area contributed by atoms with Crippen LogP contribution in [0.5, 0.6) is 0 Å². The Balaban J connectivity index is 1.76. The standard InChI is InChI=1S/C18H15N3OS/c1-11-6-2-4-8-13(11)21-10-14(22)16(17(21)19)18-20-12-7-3-5-9-15(12)23-18/h2-9,19,22H,10H2,1H3. The fourth-order valence-corrected chi connectivity index (χ4v) is 3.89. The summed E-state index contributed by atoms with van der Waals surface area (Å²) in [7, 11) is 0. The highest BCUT2D eigenvalue weighted by Crippen LogP contribution is 2.35. The van der Waals surface area contributed by atoms with Crippen LogP contribution in [0.3, 0.4) is 0 Å². The molecular formula is C18H15N3OS. The van der Waals surface area contributed by atoms with Crippen LogP contribution in [-0.4, -0.2) is 22.5 Å². The Morgan fingerprint density at radius 1 is 1.13 bits per heavy atom. The maximum absolute atomic E-state index is 10.4. The third-order valence-corrected chi connectivity index (χ3v) is 5.07. The van der Waals surface area contributed by atoms with Gasteiger partial charge in [0.05, 0.1) is 22.3 Å². The van der Waals surface area contributed by atoms with E-state index >= 15 is 0 Å². The number of anilines is 1. The molecule has 1 aromatic heterocycles. The summed E-state index contributed by atoms with van der Waals surface area (Å²) in [6, 6.07) is 15.8. The summed E-state index contributed by atoms with van der Waals surface area (Å²) in [6.45, 7) is 2.32. The first-order chi connectivity index (χ1) is 11.1. The second-order valence-electron chi connectivity index (χ2n) is 5.53. The van der Waals surface area contributed by atoms with Crippen LogP contribution in [0.1, 0.15) is 10.6 Å². The Morgan fingerprint density at radius 3 is 2.65 bits per heavy atom. The summed E-state index contributed by atoms with van der Waals surface area (Å²) in [5.41, 5.74) is 3.46. The average Bonchev–Trinajstić information content (AvgIpc) is 3.08. The van der Waals surface area contributed by atoms with Gasteiger partial charge in [-0.1, -0.05) is 30.3 Å². The Bertz CT molecular complexity index is 925. The van der Waals surface area contributed by atoms with Crippen LogP contribution in [0.4, 0.5) is 5.69 Å². The molecule has 23 heavy (non-hydrogen) atoms. The highest BCUT2D eigenvalue weighted by Gasteiger charge is 2.31. The lowest BCUT2D eigenvalue weighted by Crippen LogP contribution is -2.26. The number of aromatic nitrogens is 1. The summed E-state index contributed by atoms with van der Waals surface area (Å²) in [6.07, 6.45) is 0. The van der Waals surface area contributed by atoms with Crippen molar-refractivity contribution in [2.24, 2.45) is 0 Å². The molecule has 0 atom stereocenters. The van der Waals surface area contributed by atoms with Crippen molar-refractivity contribution in [3.8, 4) is 0 Å². The van der Waals surface area contributed by atoms with Gasteiger partial charge in [-0.15, -0.1) is 11.3 Å². The smallest absolute Gasteiger partial charge is 0.139 e. The summed E-state index contributed by atoms with van der Waals surface area (Å²) < 4.78 is 1.06. The molecule has 2 aromatic carbocycles. The zero-order chi connectivity index (χ0) is 16.0. The van der Waals surface area contributed by atoms with Crippen LogP contribution in [0.15, 0.2) is 54.3 Å². The number of aliphatic hydroxyl groups excluding tert-OH is 1. The van der Waals surface area contributed by atoms with E-state index in [1.807, 2.05) is 60.4 Å². The molecule has 0 saturated heterocycles. The zero-order valence-corrected chi connectivity index (χ0v) is 13.4. The van der Waals surface area contributed by atoms with Gasteiger partial charge in [0.2, 0.25) is 0 Å². The number of nitrogens with one attached hydrogen (secondary N) is 1. The fourth-order valence-electron chi connectivity index (χ4n) is 2.86. The van der Waals surface area contributed by atoms with E-state index in [9.17, 15) is 5.11 Å². The molecule has 2 heterocycles. The third-order valence-electron chi connectivity index (χ3n) is 4.02. The molecule has 0 aliphatic carbocycles. The Labute approximate surface area is 137 Å². The van der Waals surface area contributed by atoms with E-state index in [4.69, 9.17) is 5.41 Å². The lowest BCUT2D eigenvalue weighted by atomic mass is 10.2. The van der Waals surface area contributed by atoms with Gasteiger partial charge in [-0.25, -0.2) is 4.98 Å². The number of aryl methyl sites for hydroxylation is 1. The predicted molar refractivity (Wildman–Crippen MR) is 95.4 cm³/mol. The molecule has 3 aromatic rings. The van der Waals surface area contributed by atoms with Gasteiger partial charge < -0.3 is 10.0 Å². The molecule has 0 spiro atoms. The topological polar surface area (TPSA) is 60.2 Å². The summed E-state index contributed by atoms with van der Waals surface area (Å²) in [5.74, 6) is 0.508. The number of fused-ring (bicyclic) bond motifs is 1. The maximum Gasteiger partial charge on any atom is 0.139 e. The van der Waals surface area contributed by atoms with Gasteiger partial charge in [-0.3, -0.25) is 5.41 Å². The predicted octanol–water partition coefficient (Wildman–Crippen LogP) is 4.37. The molecule has 5 heteroatoms. The summed E-state index contributed by atoms with van der Waals surface area (Å²) in [4.78, 5) is 6.40. The van der Waals surface area contributed by atoms with Gasteiger partial charge in [0.25, 0.3) is 0 Å². The first kappa shape index (κ1) is 14.0. The average molecular weight is 321 g/mol. The van der Waals surface area contributed by atoms with Crippen LogP contribution >= 0.6 is 11.3 Å². The lowest BCUT2D eigenvalue weighted by Gasteiger charge is -2.20. The molecule has 0 bridgehead atoms. The second-order valence-corrected chi connectivity index (χ2v) is 6.56. The molecule has 0 saturated carbocycles. The quantitative estimate of drug-likeness (QED) is 0.737. The van der Waals surface area contributed by atoms with Crippen molar-refractivity contribution in [3.63, 3.8) is 0 Å². The molecule has 0 radical (unpaired) electrons. The molecule has 4 nitrogen and oxygen atoms in total. The largest absolute Gasteiger partial charge is 0.510 e. The first-order valence-corrected chi connectivity index (χ1v) is 8.17. The van der Waals surface area contributed by atoms with Gasteiger partial charge in [-0.2, -0.15) is 0 Å². The van der Waals surface area contributed by atoms with E-state index in [1.54, 1.807) is 0 Å². The monoisotopic (exact) mass is 321 g/mol. The van der Waals surface area contributed by atoms with Gasteiger partial charge in [-0.05, 0) is 30.7 Å². The molecular weight excluding hydrogens is 306 g/mol. The van der Waals surface area contributed by atoms with Crippen LogP contribution in [0.2, 0.25) is 0 Å². The van der Waals surface area contributed by atoms with E-state index in [1.165, 1.54) is 11.3 Å². The fraction of sp³-hybridized carbons (Fsp3) is 0.111. The van der Waals surface area contributed by atoms with E-state index in [0.29, 0.717) is 23.0 Å². The zero-order valence-electron chi connectivity index (χ0n) is 12.6. The Kier molecular flexibility index (Phi) is 3.16. The number of thiazole rings is 1. The molecule has 1 aliphatic rings. The summed E-state index contributed by atoms with van der Waals surface area (Å²) in [5, 5.41) is 19.6. The Morgan fingerprint density at radius 2 is 1.87 bits per heavy atom. The van der Waals surface area contributed by atoms with Crippen molar-refractivity contribution >= 4 is 38.6 Å². The van der Waals surface area contributed by atoms with Crippen LogP contribution < -0.4 is 4.90 Å². The highest BCUT2D eigenvalue weighted by molar-refractivity contribution is 7.19. The number of nitrogens with zero attached hydrogens (tertiary/aromatic N) is 2. The molecule has 4 rings (SSSR count). The van der Waals surface area contributed by atoms with Crippen molar-refractivity contribution in [1.82, 2.24) is 4.98 Å². The van der Waals surface area contributed by atoms with Crippen molar-refractivity contribution in [1.29, 1.82) is 5.41 Å². The highest BCUT2D eigenvalue weighted by atomic mass is 32.1. The number of aliphatic hydroxyl groups is 1. The van der Waals surface area contributed by atoms with Crippen molar-refractivity contribution in [3.05, 3.63) is 64.9 Å². The third kappa shape index (κ3) is 2.21. The van der Waals surface area contributed by atoms with Crippen molar-refractivity contribution in [2.75, 3.05) is 11.4 Å². The summed E-state index contributed by atoms with van der Waals surface area (Å²) >= 11 is 1.51. The molecule has 1 aliphatic heterocycles. The molecule has 114 valence electrons. The number of para-hydroxylation sites is 2. The minimum atomic E-state index is 0.206. The van der Waals surface area contributed by atoms with Gasteiger partial charge in [0.15, 0.2) is 0 Å². The van der Waals surface area contributed by atoms with Crippen LogP contribution in [0.25, 0.3) is 15.8 Å². The Hall–Kier alpha value is -2.66. The number of amidine groups is 1. The van der Waals surface area contributed by atoms with Gasteiger partial charge in [0, 0.05) is 5.69 Å². The minimum absolute atomic E-state index is 0.206. The normalized spacial score (nSPS) is 15.0. The second kappa shape index (κ2) is 5.21. The molecule has 0 amide bonds. The van der Waals surface area contributed by atoms with Crippen molar-refractivity contribution in [2.45, 2.75) is 6.92 Å². The number of benzene rings is 2. The SMILES string of the molecule is Cc1ccccc1N1CC(O)=C(c2nc3ccccc3s2)C1=N. The number of rotatable bonds is 2. The number of hydrogen-bond donors (Lipinski definition) is 2. The van der Waals surface area contributed by atoms with Gasteiger partial charge in [0.1, 0.15) is 16.6 Å². The molecule has 2 N–H and O–H groups in total. The maximum atomic E-state index is 10.4. The van der Waals surface area contributed by atoms with Gasteiger partial charge >= 0.3 is 0 Å². The van der Waals surface area contributed by atoms with E-state index in [-0.39, 0.29) is 5.76 Å². The van der Waals surface area contributed by atoms with E-state index in [0.717, 1.165) is 21.5 Å². The molecule has 0 unspecified atom stereocenters. The van der Waals surface area contributed by atoms with E-state index in [2.05, 4.69) is 4.98 Å². The molecule has 0 fully saturated rings. The van der Waals surface area contributed by atoms with Crippen LogP contribution in [-0.2, 0) is 0 Å². The number of hydrogen-bond acceptors (Lipinski definition) is 4.